The van der Waals surface area contributed by atoms with Crippen LogP contribution in [0.1, 0.15) is 51.4 Å². The van der Waals surface area contributed by atoms with Gasteiger partial charge in [0.1, 0.15) is 0 Å². The lowest BCUT2D eigenvalue weighted by Gasteiger charge is -2.33. The standard InChI is InChI=1S/C21H25NO2/c1-15-8-9-19(21(23)24)16(2)20(15)18-10-12-22(13-11-18)14-17-6-4-3-5-7-17/h3-9,18H,10-14H2,1-2H3,(H,23,24). The van der Waals surface area contributed by atoms with Crippen LogP contribution in [0.4, 0.5) is 0 Å². The summed E-state index contributed by atoms with van der Waals surface area (Å²) in [6, 6.07) is 14.3. The zero-order chi connectivity index (χ0) is 17.1. The molecule has 0 spiro atoms. The van der Waals surface area contributed by atoms with Crippen LogP contribution in [0.5, 0.6) is 0 Å². The average molecular weight is 323 g/mol. The van der Waals surface area contributed by atoms with Gasteiger partial charge in [0.25, 0.3) is 0 Å². The van der Waals surface area contributed by atoms with Crippen molar-refractivity contribution in [3.8, 4) is 0 Å². The Bertz CT molecular complexity index is 716. The molecule has 0 saturated carbocycles. The Hall–Kier alpha value is -2.13. The Morgan fingerprint density at radius 3 is 2.38 bits per heavy atom. The van der Waals surface area contributed by atoms with Gasteiger partial charge in [0.05, 0.1) is 5.56 Å². The molecule has 0 amide bonds. The summed E-state index contributed by atoms with van der Waals surface area (Å²) in [6.45, 7) is 7.19. The van der Waals surface area contributed by atoms with Gasteiger partial charge in [0, 0.05) is 6.54 Å². The van der Waals surface area contributed by atoms with Gasteiger partial charge in [-0.25, -0.2) is 4.79 Å². The van der Waals surface area contributed by atoms with Gasteiger partial charge < -0.3 is 5.11 Å². The van der Waals surface area contributed by atoms with Crippen molar-refractivity contribution < 1.29 is 9.90 Å². The fourth-order valence-electron chi connectivity index (χ4n) is 3.95. The van der Waals surface area contributed by atoms with Crippen molar-refractivity contribution in [1.82, 2.24) is 4.90 Å². The Kier molecular flexibility index (Phi) is 5.00. The molecule has 3 rings (SSSR count). The van der Waals surface area contributed by atoms with E-state index in [-0.39, 0.29) is 0 Å². The maximum atomic E-state index is 11.4. The number of benzene rings is 2. The van der Waals surface area contributed by atoms with E-state index >= 15 is 0 Å². The van der Waals surface area contributed by atoms with Crippen molar-refractivity contribution in [2.24, 2.45) is 0 Å². The topological polar surface area (TPSA) is 40.5 Å². The van der Waals surface area contributed by atoms with Crippen molar-refractivity contribution in [2.45, 2.75) is 39.2 Å². The molecule has 2 aromatic rings. The zero-order valence-corrected chi connectivity index (χ0v) is 14.5. The number of hydrogen-bond donors (Lipinski definition) is 1. The van der Waals surface area contributed by atoms with Crippen molar-refractivity contribution in [3.05, 3.63) is 70.3 Å². The Balaban J connectivity index is 1.71. The van der Waals surface area contributed by atoms with E-state index in [4.69, 9.17) is 0 Å². The van der Waals surface area contributed by atoms with E-state index in [1.807, 2.05) is 13.0 Å². The van der Waals surface area contributed by atoms with Gasteiger partial charge >= 0.3 is 5.97 Å². The lowest BCUT2D eigenvalue weighted by atomic mass is 9.82. The second-order valence-electron chi connectivity index (χ2n) is 6.81. The third-order valence-electron chi connectivity index (χ3n) is 5.21. The summed E-state index contributed by atoms with van der Waals surface area (Å²) < 4.78 is 0. The third-order valence-corrected chi connectivity index (χ3v) is 5.21. The van der Waals surface area contributed by atoms with Crippen molar-refractivity contribution in [2.75, 3.05) is 13.1 Å². The van der Waals surface area contributed by atoms with Gasteiger partial charge in [0.2, 0.25) is 0 Å². The molecule has 1 aliphatic heterocycles. The van der Waals surface area contributed by atoms with Crippen LogP contribution in [0.25, 0.3) is 0 Å². The van der Waals surface area contributed by atoms with E-state index in [2.05, 4.69) is 42.2 Å². The van der Waals surface area contributed by atoms with Gasteiger partial charge in [-0.05, 0) is 74.0 Å². The molecule has 1 saturated heterocycles. The van der Waals surface area contributed by atoms with E-state index in [9.17, 15) is 9.90 Å². The highest BCUT2D eigenvalue weighted by Crippen LogP contribution is 2.34. The first-order valence-corrected chi connectivity index (χ1v) is 8.66. The third kappa shape index (κ3) is 3.51. The highest BCUT2D eigenvalue weighted by molar-refractivity contribution is 5.90. The molecule has 0 aromatic heterocycles. The first kappa shape index (κ1) is 16.7. The van der Waals surface area contributed by atoms with E-state index in [1.54, 1.807) is 6.07 Å². The first-order chi connectivity index (χ1) is 11.6. The number of likely N-dealkylation sites (tertiary alicyclic amines) is 1. The highest BCUT2D eigenvalue weighted by Gasteiger charge is 2.25. The molecule has 1 heterocycles. The largest absolute Gasteiger partial charge is 0.478 e. The minimum absolute atomic E-state index is 0.447. The molecule has 1 N–H and O–H groups in total. The summed E-state index contributed by atoms with van der Waals surface area (Å²) in [7, 11) is 0. The summed E-state index contributed by atoms with van der Waals surface area (Å²) in [4.78, 5) is 13.9. The normalized spacial score (nSPS) is 16.2. The quantitative estimate of drug-likeness (QED) is 0.907. The Morgan fingerprint density at radius 1 is 1.08 bits per heavy atom. The molecule has 1 fully saturated rings. The van der Waals surface area contributed by atoms with E-state index in [1.165, 1.54) is 16.7 Å². The molecule has 126 valence electrons. The molecular formula is C21H25NO2. The maximum absolute atomic E-state index is 11.4. The minimum atomic E-state index is -0.824. The van der Waals surface area contributed by atoms with Crippen LogP contribution in [-0.4, -0.2) is 29.1 Å². The molecule has 24 heavy (non-hydrogen) atoms. The molecule has 3 nitrogen and oxygen atoms in total. The number of piperidine rings is 1. The van der Waals surface area contributed by atoms with E-state index in [0.29, 0.717) is 11.5 Å². The van der Waals surface area contributed by atoms with Gasteiger partial charge in [-0.15, -0.1) is 0 Å². The molecule has 2 aromatic carbocycles. The summed E-state index contributed by atoms with van der Waals surface area (Å²) in [5.74, 6) is -0.355. The zero-order valence-electron chi connectivity index (χ0n) is 14.5. The predicted octanol–water partition coefficient (Wildman–Crippen LogP) is 4.38. The smallest absolute Gasteiger partial charge is 0.335 e. The van der Waals surface area contributed by atoms with Crippen LogP contribution in [0.3, 0.4) is 0 Å². The van der Waals surface area contributed by atoms with Gasteiger partial charge in [-0.2, -0.15) is 0 Å². The average Bonchev–Trinajstić information content (AvgIpc) is 2.57. The SMILES string of the molecule is Cc1ccc(C(=O)O)c(C)c1C1CCN(Cc2ccccc2)CC1. The Labute approximate surface area is 143 Å². The second-order valence-corrected chi connectivity index (χ2v) is 6.81. The van der Waals surface area contributed by atoms with Crippen LogP contribution in [-0.2, 0) is 6.54 Å². The molecule has 1 aliphatic rings. The lowest BCUT2D eigenvalue weighted by molar-refractivity contribution is 0.0696. The van der Waals surface area contributed by atoms with E-state index in [0.717, 1.165) is 38.0 Å². The fourth-order valence-corrected chi connectivity index (χ4v) is 3.95. The summed E-state index contributed by atoms with van der Waals surface area (Å²) in [6.07, 6.45) is 2.19. The van der Waals surface area contributed by atoms with Crippen LogP contribution < -0.4 is 0 Å². The van der Waals surface area contributed by atoms with Gasteiger partial charge in [0.15, 0.2) is 0 Å². The van der Waals surface area contributed by atoms with Crippen LogP contribution >= 0.6 is 0 Å². The highest BCUT2D eigenvalue weighted by atomic mass is 16.4. The number of carbonyl (C=O) groups is 1. The van der Waals surface area contributed by atoms with Crippen LogP contribution in [0.2, 0.25) is 0 Å². The summed E-state index contributed by atoms with van der Waals surface area (Å²) in [5, 5.41) is 9.38. The number of carboxylic acid groups (broad SMARTS) is 1. The van der Waals surface area contributed by atoms with Gasteiger partial charge in [-0.1, -0.05) is 36.4 Å². The van der Waals surface area contributed by atoms with Crippen molar-refractivity contribution >= 4 is 5.97 Å². The molecule has 0 atom stereocenters. The molecule has 0 bridgehead atoms. The van der Waals surface area contributed by atoms with Crippen molar-refractivity contribution in [3.63, 3.8) is 0 Å². The molecule has 3 heteroatoms. The molecule has 0 aliphatic carbocycles. The number of aryl methyl sites for hydroxylation is 1. The molecular weight excluding hydrogens is 298 g/mol. The number of hydrogen-bond acceptors (Lipinski definition) is 2. The maximum Gasteiger partial charge on any atom is 0.335 e. The summed E-state index contributed by atoms with van der Waals surface area (Å²) >= 11 is 0. The molecule has 0 unspecified atom stereocenters. The van der Waals surface area contributed by atoms with Gasteiger partial charge in [-0.3, -0.25) is 4.90 Å². The van der Waals surface area contributed by atoms with Crippen LogP contribution in [0, 0.1) is 13.8 Å². The Morgan fingerprint density at radius 2 is 1.75 bits per heavy atom. The number of aromatic carboxylic acids is 1. The monoisotopic (exact) mass is 323 g/mol. The molecule has 0 radical (unpaired) electrons. The second kappa shape index (κ2) is 7.18. The number of carboxylic acids is 1. The minimum Gasteiger partial charge on any atom is -0.478 e. The predicted molar refractivity (Wildman–Crippen MR) is 96.6 cm³/mol. The lowest BCUT2D eigenvalue weighted by Crippen LogP contribution is -2.33. The fraction of sp³-hybridized carbons (Fsp3) is 0.381. The summed E-state index contributed by atoms with van der Waals surface area (Å²) in [5.41, 5.74) is 5.23. The van der Waals surface area contributed by atoms with Crippen LogP contribution in [0.15, 0.2) is 42.5 Å². The van der Waals surface area contributed by atoms with E-state index < -0.39 is 5.97 Å². The van der Waals surface area contributed by atoms with Crippen molar-refractivity contribution in [1.29, 1.82) is 0 Å². The first-order valence-electron chi connectivity index (χ1n) is 8.66. The number of nitrogens with zero attached hydrogens (tertiary/aromatic N) is 1. The number of rotatable bonds is 4.